The van der Waals surface area contributed by atoms with Gasteiger partial charge in [-0.15, -0.1) is 0 Å². The van der Waals surface area contributed by atoms with Gasteiger partial charge in [0.1, 0.15) is 0 Å². The minimum atomic E-state index is -0.386. The van der Waals surface area contributed by atoms with Crippen molar-refractivity contribution in [1.82, 2.24) is 0 Å². The van der Waals surface area contributed by atoms with E-state index in [9.17, 15) is 0 Å². The molecule has 1 aromatic rings. The van der Waals surface area contributed by atoms with E-state index < -0.39 is 0 Å². The zero-order chi connectivity index (χ0) is 9.84. The fourth-order valence-corrected chi connectivity index (χ4v) is 1.15. The molecule has 0 radical (unpaired) electrons. The van der Waals surface area contributed by atoms with E-state index in [-0.39, 0.29) is 18.7 Å². The highest BCUT2D eigenvalue weighted by atomic mass is 16.3. The van der Waals surface area contributed by atoms with Gasteiger partial charge < -0.3 is 16.6 Å². The Labute approximate surface area is 78.4 Å². The number of benzene rings is 1. The van der Waals surface area contributed by atoms with E-state index in [1.807, 2.05) is 31.2 Å². The first-order valence-electron chi connectivity index (χ1n) is 4.33. The Hall–Kier alpha value is -0.900. The molecule has 72 valence electrons. The number of hydrogen-bond acceptors (Lipinski definition) is 3. The van der Waals surface area contributed by atoms with Gasteiger partial charge in [0.15, 0.2) is 0 Å². The van der Waals surface area contributed by atoms with Gasteiger partial charge in [0, 0.05) is 12.1 Å². The molecule has 0 aliphatic heterocycles. The molecule has 3 heteroatoms. The summed E-state index contributed by atoms with van der Waals surface area (Å²) in [5, 5.41) is 8.82. The van der Waals surface area contributed by atoms with Crippen molar-refractivity contribution in [2.45, 2.75) is 19.0 Å². The van der Waals surface area contributed by atoms with E-state index in [1.165, 1.54) is 5.56 Å². The molecule has 2 unspecified atom stereocenters. The van der Waals surface area contributed by atoms with Crippen LogP contribution in [0, 0.1) is 6.92 Å². The molecular weight excluding hydrogens is 164 g/mol. The van der Waals surface area contributed by atoms with Crippen LogP contribution in [0.4, 0.5) is 0 Å². The molecule has 1 rings (SSSR count). The predicted octanol–water partition coefficient (Wildman–Crippen LogP) is 0.314. The van der Waals surface area contributed by atoms with Crippen molar-refractivity contribution < 1.29 is 5.11 Å². The van der Waals surface area contributed by atoms with Crippen molar-refractivity contribution in [3.8, 4) is 0 Å². The number of nitrogens with two attached hydrogens (primary N) is 2. The van der Waals surface area contributed by atoms with Crippen LogP contribution in [0.1, 0.15) is 17.2 Å². The van der Waals surface area contributed by atoms with Crippen LogP contribution in [0.3, 0.4) is 0 Å². The molecular formula is C10H16N2O. The van der Waals surface area contributed by atoms with Gasteiger partial charge in [-0.2, -0.15) is 0 Å². The second-order valence-electron chi connectivity index (χ2n) is 3.28. The highest BCUT2D eigenvalue weighted by molar-refractivity contribution is 5.24. The average Bonchev–Trinajstić information content (AvgIpc) is 2.17. The first-order valence-corrected chi connectivity index (χ1v) is 4.33. The Bertz CT molecular complexity index is 258. The Morgan fingerprint density at radius 3 is 2.23 bits per heavy atom. The van der Waals surface area contributed by atoms with Gasteiger partial charge in [-0.25, -0.2) is 0 Å². The molecule has 2 atom stereocenters. The van der Waals surface area contributed by atoms with Gasteiger partial charge in [0.25, 0.3) is 0 Å². The quantitative estimate of drug-likeness (QED) is 0.627. The van der Waals surface area contributed by atoms with E-state index in [4.69, 9.17) is 16.6 Å². The van der Waals surface area contributed by atoms with E-state index in [0.717, 1.165) is 5.56 Å². The van der Waals surface area contributed by atoms with Gasteiger partial charge >= 0.3 is 0 Å². The molecule has 13 heavy (non-hydrogen) atoms. The molecule has 0 amide bonds. The molecule has 0 spiro atoms. The average molecular weight is 180 g/mol. The molecule has 0 aliphatic rings. The van der Waals surface area contributed by atoms with Crippen molar-refractivity contribution in [1.29, 1.82) is 0 Å². The summed E-state index contributed by atoms with van der Waals surface area (Å²) >= 11 is 0. The van der Waals surface area contributed by atoms with Crippen LogP contribution >= 0.6 is 0 Å². The highest BCUT2D eigenvalue weighted by Crippen LogP contribution is 2.13. The molecule has 0 heterocycles. The van der Waals surface area contributed by atoms with E-state index >= 15 is 0 Å². The zero-order valence-corrected chi connectivity index (χ0v) is 7.77. The second-order valence-corrected chi connectivity index (χ2v) is 3.28. The largest absolute Gasteiger partial charge is 0.395 e. The van der Waals surface area contributed by atoms with Crippen molar-refractivity contribution in [3.05, 3.63) is 35.4 Å². The summed E-state index contributed by atoms with van der Waals surface area (Å²) in [6.07, 6.45) is 0. The van der Waals surface area contributed by atoms with Gasteiger partial charge in [-0.05, 0) is 12.5 Å². The molecule has 5 N–H and O–H groups in total. The molecule has 0 aromatic heterocycles. The normalized spacial score (nSPS) is 15.4. The summed E-state index contributed by atoms with van der Waals surface area (Å²) in [5.74, 6) is 0. The molecule has 0 bridgehead atoms. The van der Waals surface area contributed by atoms with Crippen LogP contribution in [-0.2, 0) is 0 Å². The predicted molar refractivity (Wildman–Crippen MR) is 53.2 cm³/mol. The lowest BCUT2D eigenvalue weighted by Crippen LogP contribution is -2.37. The summed E-state index contributed by atoms with van der Waals surface area (Å²) < 4.78 is 0. The minimum absolute atomic E-state index is 0.0883. The van der Waals surface area contributed by atoms with Crippen molar-refractivity contribution >= 4 is 0 Å². The van der Waals surface area contributed by atoms with Gasteiger partial charge in [-0.1, -0.05) is 29.8 Å². The maximum absolute atomic E-state index is 8.82. The molecule has 3 nitrogen and oxygen atoms in total. The Morgan fingerprint density at radius 2 is 1.77 bits per heavy atom. The summed E-state index contributed by atoms with van der Waals surface area (Å²) in [4.78, 5) is 0. The lowest BCUT2D eigenvalue weighted by Gasteiger charge is -2.17. The third kappa shape index (κ3) is 2.52. The molecule has 0 saturated carbocycles. The lowest BCUT2D eigenvalue weighted by molar-refractivity contribution is 0.250. The Morgan fingerprint density at radius 1 is 1.23 bits per heavy atom. The second kappa shape index (κ2) is 4.37. The third-order valence-electron chi connectivity index (χ3n) is 2.13. The van der Waals surface area contributed by atoms with E-state index in [0.29, 0.717) is 0 Å². The number of rotatable bonds is 3. The number of aliphatic hydroxyl groups excluding tert-OH is 1. The summed E-state index contributed by atoms with van der Waals surface area (Å²) in [5.41, 5.74) is 13.6. The smallest absolute Gasteiger partial charge is 0.0601 e. The van der Waals surface area contributed by atoms with Crippen molar-refractivity contribution in [2.75, 3.05) is 6.61 Å². The molecule has 0 fully saturated rings. The first-order chi connectivity index (χ1) is 6.15. The fourth-order valence-electron chi connectivity index (χ4n) is 1.15. The topological polar surface area (TPSA) is 72.3 Å². The maximum Gasteiger partial charge on any atom is 0.0601 e. The highest BCUT2D eigenvalue weighted by Gasteiger charge is 2.13. The third-order valence-corrected chi connectivity index (χ3v) is 2.13. The fraction of sp³-hybridized carbons (Fsp3) is 0.400. The first kappa shape index (κ1) is 10.2. The Balaban J connectivity index is 2.77. The summed E-state index contributed by atoms with van der Waals surface area (Å²) in [6.45, 7) is 1.93. The van der Waals surface area contributed by atoms with Crippen LogP contribution in [0.25, 0.3) is 0 Å². The minimum Gasteiger partial charge on any atom is -0.395 e. The summed E-state index contributed by atoms with van der Waals surface area (Å²) in [6, 6.07) is 7.18. The van der Waals surface area contributed by atoms with Crippen LogP contribution in [0.15, 0.2) is 24.3 Å². The molecule has 1 aromatic carbocycles. The van der Waals surface area contributed by atoms with Crippen molar-refractivity contribution in [2.24, 2.45) is 11.5 Å². The number of aryl methyl sites for hydroxylation is 1. The van der Waals surface area contributed by atoms with E-state index in [1.54, 1.807) is 0 Å². The molecule has 0 saturated heterocycles. The van der Waals surface area contributed by atoms with Crippen LogP contribution < -0.4 is 11.5 Å². The van der Waals surface area contributed by atoms with Crippen LogP contribution in [0.5, 0.6) is 0 Å². The standard InChI is InChI=1S/C10H16N2O/c1-7-2-4-8(5-3-7)10(12)9(11)6-13/h2-5,9-10,13H,6,11-12H2,1H3. The van der Waals surface area contributed by atoms with Crippen molar-refractivity contribution in [3.63, 3.8) is 0 Å². The molecule has 0 aliphatic carbocycles. The maximum atomic E-state index is 8.82. The number of hydrogen-bond donors (Lipinski definition) is 3. The van der Waals surface area contributed by atoms with Gasteiger partial charge in [0.2, 0.25) is 0 Å². The van der Waals surface area contributed by atoms with Gasteiger partial charge in [0.05, 0.1) is 6.61 Å². The lowest BCUT2D eigenvalue weighted by atomic mass is 10.0. The zero-order valence-electron chi connectivity index (χ0n) is 7.77. The van der Waals surface area contributed by atoms with Gasteiger partial charge in [-0.3, -0.25) is 0 Å². The Kier molecular flexibility index (Phi) is 3.42. The monoisotopic (exact) mass is 180 g/mol. The van der Waals surface area contributed by atoms with Crippen LogP contribution in [-0.4, -0.2) is 17.8 Å². The van der Waals surface area contributed by atoms with E-state index in [2.05, 4.69) is 0 Å². The SMILES string of the molecule is Cc1ccc(C(N)C(N)CO)cc1. The summed E-state index contributed by atoms with van der Waals surface area (Å²) in [7, 11) is 0. The van der Waals surface area contributed by atoms with Crippen LogP contribution in [0.2, 0.25) is 0 Å². The number of aliphatic hydroxyl groups is 1.